The maximum absolute atomic E-state index is 7.52. The lowest BCUT2D eigenvalue weighted by atomic mass is 10.0. The van der Waals surface area contributed by atoms with E-state index in [4.69, 9.17) is 4.11 Å². The minimum absolute atomic E-state index is 0.398. The number of aryl methyl sites for hydroxylation is 3. The minimum atomic E-state index is -2.05. The van der Waals surface area contributed by atoms with Crippen molar-refractivity contribution in [3.8, 4) is 11.3 Å². The summed E-state index contributed by atoms with van der Waals surface area (Å²) in [7, 11) is 0.720. The summed E-state index contributed by atoms with van der Waals surface area (Å²) in [5.41, 5.74) is 3.58. The third-order valence-corrected chi connectivity index (χ3v) is 5.53. The molecule has 0 radical (unpaired) electrons. The maximum Gasteiger partial charge on any atom is 0.212 e. The van der Waals surface area contributed by atoms with Crippen molar-refractivity contribution in [2.75, 3.05) is 0 Å². The van der Waals surface area contributed by atoms with Gasteiger partial charge in [0.2, 0.25) is 5.69 Å². The van der Waals surface area contributed by atoms with Crippen LogP contribution in [0.5, 0.6) is 0 Å². The van der Waals surface area contributed by atoms with E-state index < -0.39 is 14.9 Å². The molecule has 0 spiro atoms. The van der Waals surface area contributed by atoms with Crippen molar-refractivity contribution in [2.45, 2.75) is 33.4 Å². The number of aromatic nitrogens is 1. The van der Waals surface area contributed by atoms with Gasteiger partial charge in [0.05, 0.1) is 8.07 Å². The fourth-order valence-electron chi connectivity index (χ4n) is 2.28. The zero-order valence-corrected chi connectivity index (χ0v) is 13.4. The lowest BCUT2D eigenvalue weighted by molar-refractivity contribution is -0.659. The molecule has 19 heavy (non-hydrogen) atoms. The van der Waals surface area contributed by atoms with Gasteiger partial charge in [0.25, 0.3) is 0 Å². The van der Waals surface area contributed by atoms with Crippen LogP contribution in [0.15, 0.2) is 36.5 Å². The largest absolute Gasteiger partial charge is 0.212 e. The van der Waals surface area contributed by atoms with Crippen LogP contribution in [0, 0.1) is 13.8 Å². The lowest BCUT2D eigenvalue weighted by Crippen LogP contribution is -2.44. The molecule has 2 rings (SSSR count). The second-order valence-corrected chi connectivity index (χ2v) is 11.3. The molecule has 0 bridgehead atoms. The molecule has 0 saturated carbocycles. The Kier molecular flexibility index (Phi) is 2.69. The standard InChI is InChI=1S/C17H24NSi/c1-13-7-9-16(14(2)11-13)17-10-8-15(12-18(17)3)19(4,5)6/h7-12H,1-6H3/q+1/i1D3. The Morgan fingerprint density at radius 2 is 1.84 bits per heavy atom. The molecule has 2 heteroatoms. The minimum Gasteiger partial charge on any atom is -0.201 e. The molecule has 1 aromatic heterocycles. The number of rotatable bonds is 2. The van der Waals surface area contributed by atoms with E-state index in [1.807, 2.05) is 13.0 Å². The van der Waals surface area contributed by atoms with Gasteiger partial charge in [-0.25, -0.2) is 4.57 Å². The summed E-state index contributed by atoms with van der Waals surface area (Å²) in [6.45, 7) is 6.92. The van der Waals surface area contributed by atoms with Crippen LogP contribution in [0.4, 0.5) is 0 Å². The fraction of sp³-hybridized carbons (Fsp3) is 0.353. The molecule has 1 aromatic carbocycles. The summed E-state index contributed by atoms with van der Waals surface area (Å²) >= 11 is 0. The van der Waals surface area contributed by atoms with Crippen molar-refractivity contribution in [3.05, 3.63) is 47.7 Å². The summed E-state index contributed by atoms with van der Waals surface area (Å²) in [4.78, 5) is 0. The molecule has 0 aliphatic heterocycles. The Hall–Kier alpha value is -1.41. The van der Waals surface area contributed by atoms with Gasteiger partial charge in [-0.3, -0.25) is 0 Å². The van der Waals surface area contributed by atoms with Gasteiger partial charge in [-0.1, -0.05) is 43.4 Å². The molecule has 1 heterocycles. The van der Waals surface area contributed by atoms with Gasteiger partial charge < -0.3 is 0 Å². The monoisotopic (exact) mass is 273 g/mol. The van der Waals surface area contributed by atoms with Gasteiger partial charge >= 0.3 is 0 Å². The number of hydrogen-bond donors (Lipinski definition) is 0. The van der Waals surface area contributed by atoms with Crippen molar-refractivity contribution in [1.82, 2.24) is 0 Å². The lowest BCUT2D eigenvalue weighted by Gasteiger charge is -2.15. The number of nitrogens with zero attached hydrogens (tertiary/aromatic N) is 1. The van der Waals surface area contributed by atoms with Crippen molar-refractivity contribution in [1.29, 1.82) is 0 Å². The van der Waals surface area contributed by atoms with E-state index in [-0.39, 0.29) is 0 Å². The van der Waals surface area contributed by atoms with Crippen molar-refractivity contribution in [2.24, 2.45) is 7.05 Å². The first-order chi connectivity index (χ1) is 10.00. The van der Waals surface area contributed by atoms with Gasteiger partial charge in [0, 0.05) is 20.9 Å². The second kappa shape index (κ2) is 4.93. The molecular weight excluding hydrogens is 246 g/mol. The van der Waals surface area contributed by atoms with Crippen molar-refractivity contribution < 1.29 is 8.68 Å². The number of pyridine rings is 1. The molecule has 0 atom stereocenters. The normalized spacial score (nSPS) is 14.7. The van der Waals surface area contributed by atoms with Gasteiger partial charge in [-0.15, -0.1) is 0 Å². The quantitative estimate of drug-likeness (QED) is 0.584. The Bertz CT molecular complexity index is 639. The van der Waals surface area contributed by atoms with Crippen molar-refractivity contribution in [3.63, 3.8) is 0 Å². The molecule has 0 N–H and O–H groups in total. The third kappa shape index (κ3) is 2.95. The molecule has 100 valence electrons. The molecule has 0 unspecified atom stereocenters. The predicted molar refractivity (Wildman–Crippen MR) is 85.5 cm³/mol. The first-order valence-electron chi connectivity index (χ1n) is 8.12. The van der Waals surface area contributed by atoms with E-state index in [2.05, 4.69) is 49.6 Å². The summed E-state index contributed by atoms with van der Waals surface area (Å²) in [5, 5.41) is 1.41. The van der Waals surface area contributed by atoms with Crippen LogP contribution in [-0.4, -0.2) is 8.07 Å². The SMILES string of the molecule is [2H]C([2H])([2H])c1ccc(-c2ccc([Si](C)(C)C)c[n+]2C)c(C)c1. The molecule has 2 aromatic rings. The highest BCUT2D eigenvalue weighted by atomic mass is 28.3. The average Bonchev–Trinajstić information content (AvgIpc) is 2.37. The highest BCUT2D eigenvalue weighted by Gasteiger charge is 2.21. The van der Waals surface area contributed by atoms with Crippen molar-refractivity contribution >= 4 is 13.3 Å². The summed E-state index contributed by atoms with van der Waals surface area (Å²) in [6.07, 6.45) is 2.21. The van der Waals surface area contributed by atoms with E-state index in [0.29, 0.717) is 5.56 Å². The highest BCUT2D eigenvalue weighted by Crippen LogP contribution is 2.20. The Morgan fingerprint density at radius 1 is 1.11 bits per heavy atom. The van der Waals surface area contributed by atoms with E-state index in [0.717, 1.165) is 16.8 Å². The van der Waals surface area contributed by atoms with Crippen LogP contribution in [0.25, 0.3) is 11.3 Å². The van der Waals surface area contributed by atoms with E-state index >= 15 is 0 Å². The van der Waals surface area contributed by atoms with E-state index in [1.54, 1.807) is 12.1 Å². The van der Waals surface area contributed by atoms with Crippen LogP contribution in [0.2, 0.25) is 19.6 Å². The predicted octanol–water partition coefficient (Wildman–Crippen LogP) is 3.34. The molecule has 0 aliphatic rings. The van der Waals surface area contributed by atoms with Gasteiger partial charge in [-0.05, 0) is 25.4 Å². The van der Waals surface area contributed by atoms with Gasteiger partial charge in [0.1, 0.15) is 7.05 Å². The van der Waals surface area contributed by atoms with Gasteiger partial charge in [0.15, 0.2) is 6.20 Å². The Labute approximate surface area is 122 Å². The molecule has 0 aliphatic carbocycles. The number of benzene rings is 1. The summed E-state index contributed by atoms with van der Waals surface area (Å²) in [6, 6.07) is 9.75. The Morgan fingerprint density at radius 3 is 2.37 bits per heavy atom. The summed E-state index contributed by atoms with van der Waals surface area (Å²) in [5.74, 6) is 0. The first-order valence-corrected chi connectivity index (χ1v) is 10.1. The summed E-state index contributed by atoms with van der Waals surface area (Å²) < 4.78 is 24.7. The first kappa shape index (κ1) is 10.4. The molecule has 1 nitrogen and oxygen atoms in total. The molecule has 0 fully saturated rings. The van der Waals surface area contributed by atoms with Crippen LogP contribution in [0.1, 0.15) is 15.2 Å². The van der Waals surface area contributed by atoms with Crippen LogP contribution in [0.3, 0.4) is 0 Å². The van der Waals surface area contributed by atoms with Gasteiger partial charge in [-0.2, -0.15) is 0 Å². The number of hydrogen-bond acceptors (Lipinski definition) is 0. The smallest absolute Gasteiger partial charge is 0.201 e. The molecule has 0 saturated heterocycles. The second-order valence-electron chi connectivity index (χ2n) is 6.19. The topological polar surface area (TPSA) is 3.88 Å². The fourth-order valence-corrected chi connectivity index (χ4v) is 3.45. The van der Waals surface area contributed by atoms with E-state index in [9.17, 15) is 0 Å². The molecule has 0 amide bonds. The molecular formula is C17H24NSi+. The van der Waals surface area contributed by atoms with Crippen LogP contribution < -0.4 is 9.75 Å². The van der Waals surface area contributed by atoms with Crippen LogP contribution in [-0.2, 0) is 7.05 Å². The average molecular weight is 273 g/mol. The maximum atomic E-state index is 7.52. The van der Waals surface area contributed by atoms with Crippen LogP contribution >= 0.6 is 0 Å². The Balaban J connectivity index is 2.49. The highest BCUT2D eigenvalue weighted by molar-refractivity contribution is 6.88. The van der Waals surface area contributed by atoms with E-state index in [1.165, 1.54) is 5.19 Å². The zero-order chi connectivity index (χ0) is 16.7. The third-order valence-electron chi connectivity index (χ3n) is 3.50. The zero-order valence-electron chi connectivity index (χ0n) is 15.4.